The number of phenols is 1. The number of carbonyl (C=O) groups is 6. The van der Waals surface area contributed by atoms with Crippen molar-refractivity contribution in [3.63, 3.8) is 0 Å². The van der Waals surface area contributed by atoms with E-state index in [9.17, 15) is 39.0 Å². The molecule has 2 heterocycles. The van der Waals surface area contributed by atoms with Crippen LogP contribution in [0.15, 0.2) is 67.1 Å². The molecule has 58 heavy (non-hydrogen) atoms. The second-order valence-corrected chi connectivity index (χ2v) is 15.5. The molecule has 1 saturated heterocycles. The van der Waals surface area contributed by atoms with Gasteiger partial charge in [0.1, 0.15) is 23.9 Å². The number of carbonyl (C=O) groups excluding carboxylic acids is 5. The molecule has 16 nitrogen and oxygen atoms in total. The smallest absolute Gasteiger partial charge is 0.305 e. The van der Waals surface area contributed by atoms with Gasteiger partial charge in [0, 0.05) is 43.9 Å². The summed E-state index contributed by atoms with van der Waals surface area (Å²) in [7, 11) is 0. The normalized spacial score (nSPS) is 17.2. The average molecular weight is 803 g/mol. The third kappa shape index (κ3) is 13.4. The number of rotatable bonds is 20. The molecule has 0 spiro atoms. The number of hydrogen-bond donors (Lipinski definition) is 8. The molecule has 1 fully saturated rings. The van der Waals surface area contributed by atoms with Gasteiger partial charge in [0.05, 0.1) is 24.7 Å². The largest absolute Gasteiger partial charge is 0.508 e. The second-order valence-electron chi connectivity index (χ2n) is 15.5. The number of aromatic nitrogens is 2. The minimum atomic E-state index is -1.12. The molecule has 1 aromatic heterocycles. The maximum Gasteiger partial charge on any atom is 0.305 e. The number of nitrogens with one attached hydrogen (secondary N) is 5. The quantitative estimate of drug-likeness (QED) is 0.0823. The Kier molecular flexibility index (Phi) is 16.8. The summed E-state index contributed by atoms with van der Waals surface area (Å²) in [6.07, 6.45) is 4.64. The number of hydrogen-bond acceptors (Lipinski definition) is 9. The maximum absolute atomic E-state index is 14.3. The van der Waals surface area contributed by atoms with Crippen LogP contribution in [0.3, 0.4) is 0 Å². The number of nitrogens with two attached hydrogens (primary N) is 1. The van der Waals surface area contributed by atoms with Gasteiger partial charge < -0.3 is 47.1 Å². The van der Waals surface area contributed by atoms with Crippen LogP contribution in [0.25, 0.3) is 0 Å². The number of aliphatic carboxylic acids is 1. The SMILES string of the molecule is CCC(C)C(NC(=O)C(Cc1ccc(O)cc1)NC(=O)C(N)C(C)C)C(=O)NC(Cc1cnc[nH]1)C(=O)N1CCCC(C(=O)NC(CC(=O)O)Cc2ccccc2)C1. The molecule has 1 aliphatic rings. The lowest BCUT2D eigenvalue weighted by atomic mass is 9.94. The lowest BCUT2D eigenvalue weighted by Gasteiger charge is -2.35. The Hall–Kier alpha value is -5.77. The van der Waals surface area contributed by atoms with Gasteiger partial charge in [-0.15, -0.1) is 0 Å². The minimum absolute atomic E-state index is 0.0370. The Morgan fingerprint density at radius 1 is 0.862 bits per heavy atom. The van der Waals surface area contributed by atoms with E-state index >= 15 is 0 Å². The Labute approximate surface area is 339 Å². The third-order valence-corrected chi connectivity index (χ3v) is 10.6. The molecule has 9 N–H and O–H groups in total. The van der Waals surface area contributed by atoms with Crippen LogP contribution < -0.4 is 27.0 Å². The molecule has 0 radical (unpaired) electrons. The zero-order chi connectivity index (χ0) is 42.4. The molecule has 2 aromatic carbocycles. The lowest BCUT2D eigenvalue weighted by Crippen LogP contribution is -2.60. The van der Waals surface area contributed by atoms with E-state index in [2.05, 4.69) is 31.2 Å². The van der Waals surface area contributed by atoms with Crippen LogP contribution in [-0.2, 0) is 48.0 Å². The standard InChI is InChI=1S/C42H58N8O8/c1-5-26(4)37(49-39(55)33(47-40(56)36(43)25(2)3)19-28-13-15-32(51)16-14-28)41(57)48-34(20-31-22-44-24-45-31)42(58)50-17-9-12-29(23-50)38(54)46-30(21-35(52)53)18-27-10-7-6-8-11-27/h6-8,10-11,13-16,22,24-26,29-30,33-34,36-37,51H,5,9,12,17-21,23,43H2,1-4H3,(H,44,45)(H,46,54)(H,47,56)(H,48,57)(H,49,55)(H,52,53). The zero-order valence-electron chi connectivity index (χ0n) is 33.6. The first-order chi connectivity index (χ1) is 27.6. The van der Waals surface area contributed by atoms with Crippen LogP contribution in [0, 0.1) is 17.8 Å². The van der Waals surface area contributed by atoms with Gasteiger partial charge in [-0.3, -0.25) is 28.8 Å². The summed E-state index contributed by atoms with van der Waals surface area (Å²) in [5.74, 6) is -4.78. The van der Waals surface area contributed by atoms with Gasteiger partial charge in [0.25, 0.3) is 0 Å². The summed E-state index contributed by atoms with van der Waals surface area (Å²) in [6.45, 7) is 7.63. The molecule has 4 rings (SSSR count). The van der Waals surface area contributed by atoms with E-state index < -0.39 is 71.6 Å². The number of amides is 5. The number of nitrogens with zero attached hydrogens (tertiary/aromatic N) is 2. The number of phenolic OH excluding ortho intramolecular Hbond substituents is 1. The summed E-state index contributed by atoms with van der Waals surface area (Å²) in [5, 5.41) is 30.7. The van der Waals surface area contributed by atoms with E-state index in [1.807, 2.05) is 37.3 Å². The van der Waals surface area contributed by atoms with Gasteiger partial charge >= 0.3 is 5.97 Å². The highest BCUT2D eigenvalue weighted by atomic mass is 16.4. The topological polar surface area (TPSA) is 249 Å². The molecule has 5 amide bonds. The van der Waals surface area contributed by atoms with Crippen molar-refractivity contribution in [1.82, 2.24) is 36.1 Å². The second kappa shape index (κ2) is 21.7. The number of aromatic amines is 1. The number of piperidine rings is 1. The molecule has 0 bridgehead atoms. The van der Waals surface area contributed by atoms with Crippen LogP contribution in [0.4, 0.5) is 0 Å². The maximum atomic E-state index is 14.3. The van der Waals surface area contributed by atoms with Crippen LogP contribution in [-0.4, -0.2) is 104 Å². The van der Waals surface area contributed by atoms with E-state index in [4.69, 9.17) is 5.73 Å². The number of carboxylic acid groups (broad SMARTS) is 1. The van der Waals surface area contributed by atoms with Crippen molar-refractivity contribution < 1.29 is 39.0 Å². The molecule has 7 atom stereocenters. The lowest BCUT2D eigenvalue weighted by molar-refractivity contribution is -0.141. The number of carboxylic acids is 1. The first kappa shape index (κ1) is 44.9. The Morgan fingerprint density at radius 2 is 1.53 bits per heavy atom. The highest BCUT2D eigenvalue weighted by molar-refractivity contribution is 5.95. The fraction of sp³-hybridized carbons (Fsp3) is 0.500. The highest BCUT2D eigenvalue weighted by Crippen LogP contribution is 2.20. The first-order valence-electron chi connectivity index (χ1n) is 19.9. The molecular formula is C42H58N8O8. The van der Waals surface area contributed by atoms with Crippen molar-refractivity contribution in [2.75, 3.05) is 13.1 Å². The molecule has 1 aliphatic heterocycles. The Bertz CT molecular complexity index is 1820. The van der Waals surface area contributed by atoms with Crippen LogP contribution in [0.1, 0.15) is 70.2 Å². The van der Waals surface area contributed by atoms with Crippen molar-refractivity contribution in [3.8, 4) is 5.75 Å². The summed E-state index contributed by atoms with van der Waals surface area (Å²) in [4.78, 5) is 89.4. The van der Waals surface area contributed by atoms with Gasteiger partial charge in [0.15, 0.2) is 0 Å². The molecule has 7 unspecified atom stereocenters. The molecule has 0 aliphatic carbocycles. The van der Waals surface area contributed by atoms with Crippen LogP contribution in [0.2, 0.25) is 0 Å². The summed E-state index contributed by atoms with van der Waals surface area (Å²) >= 11 is 0. The zero-order valence-corrected chi connectivity index (χ0v) is 33.6. The van der Waals surface area contributed by atoms with Crippen molar-refractivity contribution >= 4 is 35.5 Å². The number of benzene rings is 2. The van der Waals surface area contributed by atoms with Crippen molar-refractivity contribution in [1.29, 1.82) is 0 Å². The fourth-order valence-electron chi connectivity index (χ4n) is 6.90. The monoisotopic (exact) mass is 802 g/mol. The molecule has 3 aromatic rings. The summed E-state index contributed by atoms with van der Waals surface area (Å²) < 4.78 is 0. The summed E-state index contributed by atoms with van der Waals surface area (Å²) in [5.41, 5.74) is 8.21. The van der Waals surface area contributed by atoms with Gasteiger partial charge in [0.2, 0.25) is 29.5 Å². The van der Waals surface area contributed by atoms with Crippen molar-refractivity contribution in [2.24, 2.45) is 23.5 Å². The third-order valence-electron chi connectivity index (χ3n) is 10.6. The Morgan fingerprint density at radius 3 is 2.16 bits per heavy atom. The Balaban J connectivity index is 1.51. The van der Waals surface area contributed by atoms with Crippen molar-refractivity contribution in [3.05, 3.63) is 83.9 Å². The highest BCUT2D eigenvalue weighted by Gasteiger charge is 2.37. The number of likely N-dealkylation sites (tertiary alicyclic amines) is 1. The molecule has 0 saturated carbocycles. The predicted molar refractivity (Wildman–Crippen MR) is 216 cm³/mol. The molecule has 16 heteroatoms. The minimum Gasteiger partial charge on any atom is -0.508 e. The van der Waals surface area contributed by atoms with Gasteiger partial charge in [-0.25, -0.2) is 4.98 Å². The first-order valence-corrected chi connectivity index (χ1v) is 19.9. The van der Waals surface area contributed by atoms with Crippen LogP contribution in [0.5, 0.6) is 5.75 Å². The number of aromatic hydroxyl groups is 1. The van der Waals surface area contributed by atoms with Gasteiger partial charge in [-0.1, -0.05) is 76.6 Å². The van der Waals surface area contributed by atoms with E-state index in [0.717, 1.165) is 5.56 Å². The number of imidazole rings is 1. The number of H-pyrrole nitrogens is 1. The fourth-order valence-corrected chi connectivity index (χ4v) is 6.90. The van der Waals surface area contributed by atoms with Crippen molar-refractivity contribution in [2.45, 2.75) is 103 Å². The molecular weight excluding hydrogens is 745 g/mol. The van der Waals surface area contributed by atoms with E-state index in [1.54, 1.807) is 39.1 Å². The van der Waals surface area contributed by atoms with Gasteiger partial charge in [-0.2, -0.15) is 0 Å². The summed E-state index contributed by atoms with van der Waals surface area (Å²) in [6, 6.07) is 10.6. The predicted octanol–water partition coefficient (Wildman–Crippen LogP) is 1.83. The molecule has 314 valence electrons. The van der Waals surface area contributed by atoms with Gasteiger partial charge in [-0.05, 0) is 54.4 Å². The van der Waals surface area contributed by atoms with E-state index in [1.165, 1.54) is 23.4 Å². The van der Waals surface area contributed by atoms with E-state index in [0.29, 0.717) is 43.5 Å². The van der Waals surface area contributed by atoms with Crippen LogP contribution >= 0.6 is 0 Å². The van der Waals surface area contributed by atoms with E-state index in [-0.39, 0.29) is 43.4 Å². The average Bonchev–Trinajstić information content (AvgIpc) is 3.72.